The number of carboxylic acids is 1. The molecule has 9 heteroatoms. The molecule has 1 aromatic rings. The van der Waals surface area contributed by atoms with E-state index in [9.17, 15) is 14.7 Å². The van der Waals surface area contributed by atoms with Crippen molar-refractivity contribution in [2.75, 3.05) is 45.2 Å². The number of aromatic carboxylic acids is 1. The van der Waals surface area contributed by atoms with Gasteiger partial charge in [-0.05, 0) is 18.9 Å². The number of hydrogen-bond acceptors (Lipinski definition) is 5. The van der Waals surface area contributed by atoms with Crippen LogP contribution in [-0.4, -0.2) is 82.9 Å². The Morgan fingerprint density at radius 1 is 1.31 bits per heavy atom. The molecule has 0 unspecified atom stereocenters. The van der Waals surface area contributed by atoms with Crippen LogP contribution < -0.4 is 4.90 Å². The fourth-order valence-electron chi connectivity index (χ4n) is 3.73. The zero-order valence-electron chi connectivity index (χ0n) is 14.9. The summed E-state index contributed by atoms with van der Waals surface area (Å²) in [7, 11) is 3.42. The van der Waals surface area contributed by atoms with Crippen LogP contribution in [0.25, 0.3) is 0 Å². The number of fused-ring (bicyclic) bond motifs is 1. The molecule has 0 aliphatic carbocycles. The minimum Gasteiger partial charge on any atom is -0.478 e. The Morgan fingerprint density at radius 2 is 2.00 bits per heavy atom. The van der Waals surface area contributed by atoms with Gasteiger partial charge in [0.05, 0.1) is 16.2 Å². The number of aliphatic hydroxyl groups is 1. The number of anilines is 1. The van der Waals surface area contributed by atoms with Gasteiger partial charge in [0.15, 0.2) is 0 Å². The molecule has 2 atom stereocenters. The SMILES string of the molecule is CN(C)C(=O)N1CC[C@]2(O)CCN(c3ncc(C(=O)O)cc3Cl)C[C@@H]2C1. The van der Waals surface area contributed by atoms with Gasteiger partial charge in [0.25, 0.3) is 0 Å². The lowest BCUT2D eigenvalue weighted by Crippen LogP contribution is -2.61. The molecule has 3 heterocycles. The summed E-state index contributed by atoms with van der Waals surface area (Å²) in [5, 5.41) is 20.3. The smallest absolute Gasteiger partial charge is 0.337 e. The van der Waals surface area contributed by atoms with E-state index in [1.807, 2.05) is 4.90 Å². The first-order chi connectivity index (χ1) is 12.2. The number of pyridine rings is 1. The van der Waals surface area contributed by atoms with Crippen LogP contribution in [0.1, 0.15) is 23.2 Å². The van der Waals surface area contributed by atoms with Crippen LogP contribution in [0.4, 0.5) is 10.6 Å². The zero-order valence-corrected chi connectivity index (χ0v) is 15.6. The number of halogens is 1. The fourth-order valence-corrected chi connectivity index (χ4v) is 4.02. The lowest BCUT2D eigenvalue weighted by molar-refractivity contribution is -0.0760. The van der Waals surface area contributed by atoms with Crippen LogP contribution in [0.5, 0.6) is 0 Å². The summed E-state index contributed by atoms with van der Waals surface area (Å²) in [4.78, 5) is 32.7. The summed E-state index contributed by atoms with van der Waals surface area (Å²) in [6, 6.07) is 1.32. The average molecular weight is 383 g/mol. The molecule has 1 aromatic heterocycles. The average Bonchev–Trinajstić information content (AvgIpc) is 2.60. The minimum absolute atomic E-state index is 0.0349. The summed E-state index contributed by atoms with van der Waals surface area (Å²) in [6.45, 7) is 2.09. The molecular weight excluding hydrogens is 360 g/mol. The normalized spacial score (nSPS) is 25.6. The number of rotatable bonds is 2. The highest BCUT2D eigenvalue weighted by atomic mass is 35.5. The predicted octanol–water partition coefficient (Wildman–Crippen LogP) is 1.38. The van der Waals surface area contributed by atoms with E-state index in [1.54, 1.807) is 19.0 Å². The van der Waals surface area contributed by atoms with Gasteiger partial charge in [0, 0.05) is 52.4 Å². The van der Waals surface area contributed by atoms with Crippen molar-refractivity contribution in [3.8, 4) is 0 Å². The number of carbonyl (C=O) groups is 2. The Morgan fingerprint density at radius 3 is 2.62 bits per heavy atom. The molecule has 2 aliphatic rings. The monoisotopic (exact) mass is 382 g/mol. The van der Waals surface area contributed by atoms with E-state index < -0.39 is 11.6 Å². The van der Waals surface area contributed by atoms with Crippen LogP contribution in [0.15, 0.2) is 12.3 Å². The van der Waals surface area contributed by atoms with Gasteiger partial charge in [-0.25, -0.2) is 14.6 Å². The number of hydrogen-bond donors (Lipinski definition) is 2. The van der Waals surface area contributed by atoms with Gasteiger partial charge in [0.1, 0.15) is 5.82 Å². The zero-order chi connectivity index (χ0) is 19.1. The first-order valence-electron chi connectivity index (χ1n) is 8.53. The van der Waals surface area contributed by atoms with Crippen LogP contribution in [0.3, 0.4) is 0 Å². The summed E-state index contributed by atoms with van der Waals surface area (Å²) < 4.78 is 0. The van der Waals surface area contributed by atoms with Gasteiger partial charge in [-0.2, -0.15) is 0 Å². The van der Waals surface area contributed by atoms with Crippen molar-refractivity contribution in [2.24, 2.45) is 5.92 Å². The number of piperidine rings is 2. The maximum Gasteiger partial charge on any atom is 0.337 e. The van der Waals surface area contributed by atoms with Gasteiger partial charge in [-0.1, -0.05) is 11.6 Å². The lowest BCUT2D eigenvalue weighted by atomic mass is 9.75. The highest BCUT2D eigenvalue weighted by Crippen LogP contribution is 2.38. The van der Waals surface area contributed by atoms with Crippen molar-refractivity contribution in [1.29, 1.82) is 0 Å². The van der Waals surface area contributed by atoms with Gasteiger partial charge < -0.3 is 24.9 Å². The third-order valence-corrected chi connectivity index (χ3v) is 5.57. The van der Waals surface area contributed by atoms with E-state index >= 15 is 0 Å². The van der Waals surface area contributed by atoms with E-state index in [0.717, 1.165) is 0 Å². The number of urea groups is 1. The van der Waals surface area contributed by atoms with Crippen LogP contribution >= 0.6 is 11.6 Å². The Labute approximate surface area is 157 Å². The molecule has 142 valence electrons. The molecular formula is C17H23ClN4O4. The Bertz CT molecular complexity index is 729. The molecule has 0 aromatic carbocycles. The second-order valence-electron chi connectivity index (χ2n) is 7.20. The van der Waals surface area contributed by atoms with Crippen molar-refractivity contribution in [2.45, 2.75) is 18.4 Å². The number of likely N-dealkylation sites (tertiary alicyclic amines) is 1. The topological polar surface area (TPSA) is 97.2 Å². The molecule has 2 fully saturated rings. The van der Waals surface area contributed by atoms with Crippen LogP contribution in [0.2, 0.25) is 5.02 Å². The van der Waals surface area contributed by atoms with E-state index in [0.29, 0.717) is 44.8 Å². The van der Waals surface area contributed by atoms with Crippen LogP contribution in [-0.2, 0) is 0 Å². The number of nitrogens with zero attached hydrogens (tertiary/aromatic N) is 4. The summed E-state index contributed by atoms with van der Waals surface area (Å²) in [5.74, 6) is -0.690. The largest absolute Gasteiger partial charge is 0.478 e. The second-order valence-corrected chi connectivity index (χ2v) is 7.61. The first kappa shape index (κ1) is 18.7. The summed E-state index contributed by atoms with van der Waals surface area (Å²) in [6.07, 6.45) is 2.39. The van der Waals surface area contributed by atoms with Gasteiger partial charge in [0.2, 0.25) is 0 Å². The third kappa shape index (κ3) is 3.43. The molecule has 2 N–H and O–H groups in total. The van der Waals surface area contributed by atoms with E-state index in [1.165, 1.54) is 17.2 Å². The van der Waals surface area contributed by atoms with Crippen LogP contribution in [0, 0.1) is 5.92 Å². The molecule has 2 amide bonds. The van der Waals surface area contributed by atoms with E-state index in [-0.39, 0.29) is 22.5 Å². The van der Waals surface area contributed by atoms with Crippen molar-refractivity contribution < 1.29 is 19.8 Å². The molecule has 0 saturated carbocycles. The lowest BCUT2D eigenvalue weighted by Gasteiger charge is -2.50. The standard InChI is InChI=1S/C17H23ClN4O4/c1-20(2)16(25)22-6-4-17(26)3-5-21(9-12(17)10-22)14-13(18)7-11(8-19-14)15(23)24/h7-8,12,26H,3-6,9-10H2,1-2H3,(H,23,24)/t12-,17-/m1/s1. The number of carboxylic acid groups (broad SMARTS) is 1. The van der Waals surface area contributed by atoms with Crippen molar-refractivity contribution in [3.63, 3.8) is 0 Å². The summed E-state index contributed by atoms with van der Waals surface area (Å²) >= 11 is 6.24. The van der Waals surface area contributed by atoms with Crippen molar-refractivity contribution in [1.82, 2.24) is 14.8 Å². The van der Waals surface area contributed by atoms with Gasteiger partial charge in [-0.3, -0.25) is 0 Å². The van der Waals surface area contributed by atoms with E-state index in [4.69, 9.17) is 16.7 Å². The molecule has 0 radical (unpaired) electrons. The Kier molecular flexibility index (Phi) is 4.98. The molecule has 2 saturated heterocycles. The molecule has 26 heavy (non-hydrogen) atoms. The molecule has 3 rings (SSSR count). The highest BCUT2D eigenvalue weighted by Gasteiger charge is 2.46. The molecule has 8 nitrogen and oxygen atoms in total. The number of amides is 2. The third-order valence-electron chi connectivity index (χ3n) is 5.29. The first-order valence-corrected chi connectivity index (χ1v) is 8.91. The Hall–Kier alpha value is -2.06. The molecule has 2 aliphatic heterocycles. The van der Waals surface area contributed by atoms with Gasteiger partial charge >= 0.3 is 12.0 Å². The van der Waals surface area contributed by atoms with Gasteiger partial charge in [-0.15, -0.1) is 0 Å². The van der Waals surface area contributed by atoms with Crippen molar-refractivity contribution in [3.05, 3.63) is 22.8 Å². The predicted molar refractivity (Wildman–Crippen MR) is 96.7 cm³/mol. The number of aromatic nitrogens is 1. The molecule has 0 spiro atoms. The van der Waals surface area contributed by atoms with Crippen molar-refractivity contribution >= 4 is 29.4 Å². The summed E-state index contributed by atoms with van der Waals surface area (Å²) in [5.41, 5.74) is -0.764. The maximum absolute atomic E-state index is 12.3. The fraction of sp³-hybridized carbons (Fsp3) is 0.588. The second kappa shape index (κ2) is 6.92. The minimum atomic E-state index is -1.08. The highest BCUT2D eigenvalue weighted by molar-refractivity contribution is 6.33. The number of carbonyl (C=O) groups excluding carboxylic acids is 1. The quantitative estimate of drug-likeness (QED) is 0.802. The maximum atomic E-state index is 12.3. The molecule has 0 bridgehead atoms. The Balaban J connectivity index is 1.78. The van der Waals surface area contributed by atoms with E-state index in [2.05, 4.69) is 4.98 Å².